The molecule has 4 heteroatoms. The predicted molar refractivity (Wildman–Crippen MR) is 79.9 cm³/mol. The molecule has 100 valence electrons. The average molecular weight is 313 g/mol. The van der Waals surface area contributed by atoms with Gasteiger partial charge >= 0.3 is 0 Å². The van der Waals surface area contributed by atoms with Crippen LogP contribution in [0.15, 0.2) is 22.7 Å². The molecule has 1 N–H and O–H groups in total. The number of halogens is 1. The quantitative estimate of drug-likeness (QED) is 0.903. The van der Waals surface area contributed by atoms with E-state index < -0.39 is 0 Å². The van der Waals surface area contributed by atoms with Crippen LogP contribution in [0.1, 0.15) is 25.8 Å². The molecule has 0 saturated heterocycles. The van der Waals surface area contributed by atoms with Crippen molar-refractivity contribution in [2.45, 2.75) is 33.2 Å². The molecule has 18 heavy (non-hydrogen) atoms. The van der Waals surface area contributed by atoms with Crippen LogP contribution < -0.4 is 5.32 Å². The number of carbonyl (C=O) groups is 1. The molecule has 0 saturated carbocycles. The van der Waals surface area contributed by atoms with Crippen molar-refractivity contribution >= 4 is 27.5 Å². The molecule has 0 aromatic heterocycles. The van der Waals surface area contributed by atoms with Gasteiger partial charge in [-0.2, -0.15) is 0 Å². The monoisotopic (exact) mass is 312 g/mol. The fraction of sp³-hybridized carbons (Fsp3) is 0.500. The van der Waals surface area contributed by atoms with E-state index in [0.717, 1.165) is 22.1 Å². The van der Waals surface area contributed by atoms with Crippen molar-refractivity contribution in [3.05, 3.63) is 28.2 Å². The van der Waals surface area contributed by atoms with Crippen LogP contribution in [0.2, 0.25) is 0 Å². The molecule has 0 heterocycles. The molecule has 0 fully saturated rings. The van der Waals surface area contributed by atoms with Crippen molar-refractivity contribution in [2.75, 3.05) is 18.9 Å². The van der Waals surface area contributed by atoms with E-state index in [1.807, 2.05) is 32.2 Å². The number of carbonyl (C=O) groups excluding carboxylic acids is 1. The van der Waals surface area contributed by atoms with E-state index in [-0.39, 0.29) is 5.91 Å². The highest BCUT2D eigenvalue weighted by Crippen LogP contribution is 2.19. The van der Waals surface area contributed by atoms with Gasteiger partial charge in [0, 0.05) is 16.2 Å². The van der Waals surface area contributed by atoms with Gasteiger partial charge in [0.2, 0.25) is 5.91 Å². The summed E-state index contributed by atoms with van der Waals surface area (Å²) in [6.45, 7) is 6.67. The van der Waals surface area contributed by atoms with Crippen LogP contribution in [0, 0.1) is 6.92 Å². The van der Waals surface area contributed by atoms with Gasteiger partial charge in [0.1, 0.15) is 0 Å². The summed E-state index contributed by atoms with van der Waals surface area (Å²) in [5, 5.41) is 2.92. The summed E-state index contributed by atoms with van der Waals surface area (Å²) in [5.74, 6) is 0.0273. The van der Waals surface area contributed by atoms with Gasteiger partial charge in [-0.15, -0.1) is 0 Å². The van der Waals surface area contributed by atoms with E-state index in [4.69, 9.17) is 0 Å². The molecule has 1 rings (SSSR count). The molecule has 0 aliphatic carbocycles. The number of likely N-dealkylation sites (N-methyl/N-ethyl adjacent to an activating group) is 1. The highest BCUT2D eigenvalue weighted by molar-refractivity contribution is 9.10. The molecule has 0 spiro atoms. The normalized spacial score (nSPS) is 12.6. The van der Waals surface area contributed by atoms with Crippen molar-refractivity contribution in [3.63, 3.8) is 0 Å². The first-order chi connectivity index (χ1) is 8.43. The zero-order valence-corrected chi connectivity index (χ0v) is 13.0. The summed E-state index contributed by atoms with van der Waals surface area (Å²) in [6.07, 6.45) is 1.04. The molecule has 1 aromatic rings. The third-order valence-electron chi connectivity index (χ3n) is 3.18. The van der Waals surface area contributed by atoms with E-state index in [1.54, 1.807) is 0 Å². The Labute approximate surface area is 118 Å². The fourth-order valence-corrected chi connectivity index (χ4v) is 1.86. The van der Waals surface area contributed by atoms with Gasteiger partial charge in [0.25, 0.3) is 0 Å². The Bertz CT molecular complexity index is 420. The molecule has 1 aromatic carbocycles. The van der Waals surface area contributed by atoms with Crippen LogP contribution in [-0.2, 0) is 4.79 Å². The number of benzene rings is 1. The lowest BCUT2D eigenvalue weighted by Gasteiger charge is -2.22. The Morgan fingerprint density at radius 2 is 2.17 bits per heavy atom. The zero-order chi connectivity index (χ0) is 13.7. The Balaban J connectivity index is 2.57. The first-order valence-corrected chi connectivity index (χ1v) is 6.99. The number of hydrogen-bond acceptors (Lipinski definition) is 2. The van der Waals surface area contributed by atoms with Gasteiger partial charge in [0.15, 0.2) is 0 Å². The second kappa shape index (κ2) is 6.90. The van der Waals surface area contributed by atoms with E-state index >= 15 is 0 Å². The molecule has 1 atom stereocenters. The topological polar surface area (TPSA) is 32.3 Å². The van der Waals surface area contributed by atoms with Gasteiger partial charge in [-0.1, -0.05) is 22.9 Å². The summed E-state index contributed by atoms with van der Waals surface area (Å²) in [5.41, 5.74) is 1.96. The average Bonchev–Trinajstić information content (AvgIpc) is 2.32. The van der Waals surface area contributed by atoms with Crippen molar-refractivity contribution in [2.24, 2.45) is 0 Å². The van der Waals surface area contributed by atoms with Crippen molar-refractivity contribution in [1.29, 1.82) is 0 Å². The highest BCUT2D eigenvalue weighted by atomic mass is 79.9. The molecule has 0 aliphatic rings. The van der Waals surface area contributed by atoms with Gasteiger partial charge in [0.05, 0.1) is 6.54 Å². The van der Waals surface area contributed by atoms with Crippen molar-refractivity contribution in [1.82, 2.24) is 4.90 Å². The maximum atomic E-state index is 11.9. The number of nitrogens with one attached hydrogen (secondary N) is 1. The lowest BCUT2D eigenvalue weighted by atomic mass is 10.2. The summed E-state index contributed by atoms with van der Waals surface area (Å²) in [6, 6.07) is 6.23. The molecule has 0 aliphatic heterocycles. The van der Waals surface area contributed by atoms with Crippen molar-refractivity contribution < 1.29 is 4.79 Å². The van der Waals surface area contributed by atoms with Gasteiger partial charge in [-0.25, -0.2) is 0 Å². The van der Waals surface area contributed by atoms with Crippen LogP contribution in [0.4, 0.5) is 5.69 Å². The van der Waals surface area contributed by atoms with Crippen LogP contribution in [0.5, 0.6) is 0 Å². The van der Waals surface area contributed by atoms with E-state index in [0.29, 0.717) is 12.6 Å². The van der Waals surface area contributed by atoms with Crippen molar-refractivity contribution in [3.8, 4) is 0 Å². The van der Waals surface area contributed by atoms with Crippen LogP contribution >= 0.6 is 15.9 Å². The second-order valence-corrected chi connectivity index (χ2v) is 5.54. The molecule has 1 unspecified atom stereocenters. The third kappa shape index (κ3) is 4.42. The smallest absolute Gasteiger partial charge is 0.238 e. The summed E-state index contributed by atoms with van der Waals surface area (Å²) >= 11 is 3.44. The minimum atomic E-state index is 0.0273. The largest absolute Gasteiger partial charge is 0.325 e. The summed E-state index contributed by atoms with van der Waals surface area (Å²) in [7, 11) is 1.97. The maximum Gasteiger partial charge on any atom is 0.238 e. The zero-order valence-electron chi connectivity index (χ0n) is 11.5. The van der Waals surface area contributed by atoms with E-state index in [1.165, 1.54) is 0 Å². The molecular formula is C14H21BrN2O. The standard InChI is InChI=1S/C14H21BrN2O/c1-5-11(3)17(4)9-14(18)16-12-6-7-13(15)10(2)8-12/h6-8,11H,5,9H2,1-4H3,(H,16,18). The van der Waals surface area contributed by atoms with Crippen LogP contribution in [0.3, 0.4) is 0 Å². The SMILES string of the molecule is CCC(C)N(C)CC(=O)Nc1ccc(Br)c(C)c1. The minimum absolute atomic E-state index is 0.0273. The summed E-state index contributed by atoms with van der Waals surface area (Å²) < 4.78 is 1.05. The van der Waals surface area contributed by atoms with E-state index in [2.05, 4.69) is 40.0 Å². The van der Waals surface area contributed by atoms with E-state index in [9.17, 15) is 4.79 Å². The molecule has 1 amide bonds. The molecular weight excluding hydrogens is 292 g/mol. The number of nitrogens with zero attached hydrogens (tertiary/aromatic N) is 1. The fourth-order valence-electron chi connectivity index (χ4n) is 1.62. The molecule has 0 bridgehead atoms. The lowest BCUT2D eigenvalue weighted by Crippen LogP contribution is -2.36. The van der Waals surface area contributed by atoms with Gasteiger partial charge in [-0.05, 0) is 51.1 Å². The Hall–Kier alpha value is -0.870. The number of hydrogen-bond donors (Lipinski definition) is 1. The third-order valence-corrected chi connectivity index (χ3v) is 4.07. The minimum Gasteiger partial charge on any atom is -0.325 e. The number of aryl methyl sites for hydroxylation is 1. The van der Waals surface area contributed by atoms with Gasteiger partial charge < -0.3 is 5.32 Å². The lowest BCUT2D eigenvalue weighted by molar-refractivity contribution is -0.117. The number of amides is 1. The predicted octanol–water partition coefficient (Wildman–Crippen LogP) is 3.43. The second-order valence-electron chi connectivity index (χ2n) is 4.68. The number of anilines is 1. The Kier molecular flexibility index (Phi) is 5.82. The maximum absolute atomic E-state index is 11.9. The van der Waals surface area contributed by atoms with Crippen LogP contribution in [0.25, 0.3) is 0 Å². The Morgan fingerprint density at radius 3 is 2.72 bits per heavy atom. The first kappa shape index (κ1) is 15.2. The number of rotatable bonds is 5. The molecule has 0 radical (unpaired) electrons. The first-order valence-electron chi connectivity index (χ1n) is 6.20. The summed E-state index contributed by atoms with van der Waals surface area (Å²) in [4.78, 5) is 13.9. The highest BCUT2D eigenvalue weighted by Gasteiger charge is 2.11. The Morgan fingerprint density at radius 1 is 1.50 bits per heavy atom. The molecule has 3 nitrogen and oxygen atoms in total. The van der Waals surface area contributed by atoms with Gasteiger partial charge in [-0.3, -0.25) is 9.69 Å². The van der Waals surface area contributed by atoms with Crippen LogP contribution in [-0.4, -0.2) is 30.4 Å².